The summed E-state index contributed by atoms with van der Waals surface area (Å²) < 4.78 is 17.1. The third-order valence-electron chi connectivity index (χ3n) is 4.16. The van der Waals surface area contributed by atoms with Gasteiger partial charge in [-0.3, -0.25) is 4.79 Å². The topological polar surface area (TPSA) is 135 Å². The van der Waals surface area contributed by atoms with Crippen LogP contribution in [0.2, 0.25) is 0 Å². The van der Waals surface area contributed by atoms with Crippen LogP contribution in [-0.4, -0.2) is 57.9 Å². The number of nitrogens with one attached hydrogen (secondary N) is 1. The second kappa shape index (κ2) is 10.5. The lowest BCUT2D eigenvalue weighted by Gasteiger charge is -2.09. The standard InChI is InChI=1S/C20H21N5O6S/c1-4-29-19(27)16-12(3)17(20(28)30-5-2)32-18(16)22-15(26)10-31-14-8-6-13(7-9-14)25-11-21-23-24-25/h6-9,11H,4-5,10H2,1-3H3,(H,22,26). The molecule has 11 nitrogen and oxygen atoms in total. The molecule has 12 heteroatoms. The van der Waals surface area contributed by atoms with E-state index < -0.39 is 17.8 Å². The maximum Gasteiger partial charge on any atom is 0.348 e. The number of carbonyl (C=O) groups is 3. The molecule has 0 aliphatic heterocycles. The van der Waals surface area contributed by atoms with Crippen LogP contribution in [0.1, 0.15) is 39.4 Å². The zero-order chi connectivity index (χ0) is 23.1. The molecule has 2 heterocycles. The van der Waals surface area contributed by atoms with E-state index in [1.807, 2.05) is 0 Å². The fourth-order valence-corrected chi connectivity index (χ4v) is 3.83. The van der Waals surface area contributed by atoms with Crippen molar-refractivity contribution in [3.05, 3.63) is 46.6 Å². The highest BCUT2D eigenvalue weighted by atomic mass is 32.1. The molecule has 0 saturated carbocycles. The van der Waals surface area contributed by atoms with E-state index in [1.54, 1.807) is 45.0 Å². The predicted molar refractivity (Wildman–Crippen MR) is 114 cm³/mol. The Morgan fingerprint density at radius 2 is 1.75 bits per heavy atom. The molecule has 1 amide bonds. The Morgan fingerprint density at radius 1 is 1.06 bits per heavy atom. The van der Waals surface area contributed by atoms with Crippen molar-refractivity contribution >= 4 is 34.2 Å². The number of thiophene rings is 1. The van der Waals surface area contributed by atoms with Crippen LogP contribution in [0.25, 0.3) is 5.69 Å². The van der Waals surface area contributed by atoms with Crippen molar-refractivity contribution in [3.63, 3.8) is 0 Å². The maximum atomic E-state index is 12.5. The summed E-state index contributed by atoms with van der Waals surface area (Å²) in [6.45, 7) is 4.99. The Hall–Kier alpha value is -3.80. The molecule has 0 aliphatic rings. The van der Waals surface area contributed by atoms with E-state index in [9.17, 15) is 14.4 Å². The zero-order valence-electron chi connectivity index (χ0n) is 17.7. The van der Waals surface area contributed by atoms with E-state index >= 15 is 0 Å². The summed E-state index contributed by atoms with van der Waals surface area (Å²) in [7, 11) is 0. The minimum atomic E-state index is -0.633. The first kappa shape index (κ1) is 22.9. The molecule has 3 rings (SSSR count). The minimum Gasteiger partial charge on any atom is -0.484 e. The van der Waals surface area contributed by atoms with Crippen LogP contribution in [0, 0.1) is 6.92 Å². The highest BCUT2D eigenvalue weighted by molar-refractivity contribution is 7.18. The van der Waals surface area contributed by atoms with E-state index in [0.29, 0.717) is 11.3 Å². The number of nitrogens with zero attached hydrogens (tertiary/aromatic N) is 4. The molecule has 168 valence electrons. The lowest BCUT2D eigenvalue weighted by atomic mass is 10.1. The molecule has 0 radical (unpaired) electrons. The highest BCUT2D eigenvalue weighted by Crippen LogP contribution is 2.34. The van der Waals surface area contributed by atoms with Crippen molar-refractivity contribution in [2.75, 3.05) is 25.1 Å². The van der Waals surface area contributed by atoms with Gasteiger partial charge in [-0.1, -0.05) is 0 Å². The summed E-state index contributed by atoms with van der Waals surface area (Å²) >= 11 is 0.954. The summed E-state index contributed by atoms with van der Waals surface area (Å²) in [4.78, 5) is 37.3. The lowest BCUT2D eigenvalue weighted by Crippen LogP contribution is -2.21. The molecule has 0 unspecified atom stereocenters. The van der Waals surface area contributed by atoms with Crippen LogP contribution in [0.4, 0.5) is 5.00 Å². The molecule has 0 aliphatic carbocycles. The Bertz CT molecular complexity index is 1090. The van der Waals surface area contributed by atoms with E-state index in [2.05, 4.69) is 20.8 Å². The van der Waals surface area contributed by atoms with Crippen molar-refractivity contribution in [1.29, 1.82) is 0 Å². The molecule has 0 saturated heterocycles. The molecule has 32 heavy (non-hydrogen) atoms. The van der Waals surface area contributed by atoms with Crippen LogP contribution in [-0.2, 0) is 14.3 Å². The first-order chi connectivity index (χ1) is 15.4. The fourth-order valence-electron chi connectivity index (χ4n) is 2.73. The molecule has 1 N–H and O–H groups in total. The summed E-state index contributed by atoms with van der Waals surface area (Å²) in [6, 6.07) is 6.80. The fraction of sp³-hybridized carbons (Fsp3) is 0.300. The number of rotatable bonds is 9. The van der Waals surface area contributed by atoms with E-state index in [-0.39, 0.29) is 35.3 Å². The number of hydrogen-bond donors (Lipinski definition) is 1. The predicted octanol–water partition coefficient (Wildman–Crippen LogP) is 2.40. The van der Waals surface area contributed by atoms with Gasteiger partial charge in [0.05, 0.1) is 24.5 Å². The first-order valence-electron chi connectivity index (χ1n) is 9.68. The minimum absolute atomic E-state index is 0.124. The average Bonchev–Trinajstić information content (AvgIpc) is 3.41. The largest absolute Gasteiger partial charge is 0.484 e. The van der Waals surface area contributed by atoms with Crippen LogP contribution in [0.5, 0.6) is 5.75 Å². The summed E-state index contributed by atoms with van der Waals surface area (Å²) in [5, 5.41) is 13.8. The van der Waals surface area contributed by atoms with Crippen LogP contribution < -0.4 is 10.1 Å². The summed E-state index contributed by atoms with van der Waals surface area (Å²) in [6.07, 6.45) is 1.46. The van der Waals surface area contributed by atoms with Gasteiger partial charge in [0.15, 0.2) is 6.61 Å². The van der Waals surface area contributed by atoms with Crippen molar-refractivity contribution in [3.8, 4) is 11.4 Å². The molecule has 2 aromatic heterocycles. The van der Waals surface area contributed by atoms with Gasteiger partial charge in [0.2, 0.25) is 0 Å². The number of tetrazole rings is 1. The van der Waals surface area contributed by atoms with Gasteiger partial charge >= 0.3 is 11.9 Å². The molecule has 3 aromatic rings. The number of amides is 1. The van der Waals surface area contributed by atoms with Gasteiger partial charge in [-0.2, -0.15) is 0 Å². The normalized spacial score (nSPS) is 10.5. The maximum absolute atomic E-state index is 12.5. The van der Waals surface area contributed by atoms with Crippen LogP contribution >= 0.6 is 11.3 Å². The molecule has 0 bridgehead atoms. The smallest absolute Gasteiger partial charge is 0.348 e. The number of carbonyl (C=O) groups excluding carboxylic acids is 3. The van der Waals surface area contributed by atoms with Crippen LogP contribution in [0.3, 0.4) is 0 Å². The van der Waals surface area contributed by atoms with Gasteiger partial charge in [0.1, 0.15) is 22.0 Å². The lowest BCUT2D eigenvalue weighted by molar-refractivity contribution is -0.118. The van der Waals surface area contributed by atoms with Gasteiger partial charge < -0.3 is 19.5 Å². The van der Waals surface area contributed by atoms with Gasteiger partial charge in [0.25, 0.3) is 5.91 Å². The first-order valence-corrected chi connectivity index (χ1v) is 10.5. The Labute approximate surface area is 187 Å². The number of hydrogen-bond acceptors (Lipinski definition) is 10. The van der Waals surface area contributed by atoms with Gasteiger partial charge in [-0.15, -0.1) is 16.4 Å². The number of aromatic nitrogens is 4. The summed E-state index contributed by atoms with van der Waals surface area (Å²) in [5.41, 5.74) is 1.24. The number of ether oxygens (including phenoxy) is 3. The van der Waals surface area contributed by atoms with Crippen molar-refractivity contribution < 1.29 is 28.6 Å². The quantitative estimate of drug-likeness (QED) is 0.479. The Balaban J connectivity index is 1.70. The highest BCUT2D eigenvalue weighted by Gasteiger charge is 2.27. The van der Waals surface area contributed by atoms with E-state index in [4.69, 9.17) is 14.2 Å². The average molecular weight is 459 g/mol. The molecular formula is C20H21N5O6S. The number of benzene rings is 1. The number of esters is 2. The monoisotopic (exact) mass is 459 g/mol. The summed E-state index contributed by atoms with van der Waals surface area (Å²) in [5.74, 6) is -1.25. The van der Waals surface area contributed by atoms with Crippen molar-refractivity contribution in [2.24, 2.45) is 0 Å². The molecule has 0 atom stereocenters. The third kappa shape index (κ3) is 5.27. The Morgan fingerprint density at radius 3 is 2.38 bits per heavy atom. The Kier molecular flexibility index (Phi) is 7.49. The van der Waals surface area contributed by atoms with E-state index in [0.717, 1.165) is 17.0 Å². The molecular weight excluding hydrogens is 438 g/mol. The number of anilines is 1. The van der Waals surface area contributed by atoms with Gasteiger partial charge in [-0.05, 0) is 61.0 Å². The zero-order valence-corrected chi connectivity index (χ0v) is 18.5. The third-order valence-corrected chi connectivity index (χ3v) is 5.35. The molecule has 0 fully saturated rings. The van der Waals surface area contributed by atoms with Crippen LogP contribution in [0.15, 0.2) is 30.6 Å². The van der Waals surface area contributed by atoms with Gasteiger partial charge in [-0.25, -0.2) is 14.3 Å². The van der Waals surface area contributed by atoms with Crippen molar-refractivity contribution in [2.45, 2.75) is 20.8 Å². The van der Waals surface area contributed by atoms with Gasteiger partial charge in [0, 0.05) is 0 Å². The molecule has 0 spiro atoms. The second-order valence-corrected chi connectivity index (χ2v) is 7.31. The SMILES string of the molecule is CCOC(=O)c1sc(NC(=O)COc2ccc(-n3cnnn3)cc2)c(C(=O)OCC)c1C. The second-order valence-electron chi connectivity index (χ2n) is 6.29. The molecule has 1 aromatic carbocycles. The van der Waals surface area contributed by atoms with E-state index in [1.165, 1.54) is 11.0 Å². The van der Waals surface area contributed by atoms with Crippen molar-refractivity contribution in [1.82, 2.24) is 20.2 Å².